The number of amides is 3. The summed E-state index contributed by atoms with van der Waals surface area (Å²) in [6, 6.07) is 11.0. The number of piperidine rings is 2. The zero-order chi connectivity index (χ0) is 34.9. The molecule has 0 bridgehead atoms. The van der Waals surface area contributed by atoms with Crippen molar-refractivity contribution in [2.24, 2.45) is 0 Å². The maximum absolute atomic E-state index is 14.2. The van der Waals surface area contributed by atoms with Gasteiger partial charge in [0.1, 0.15) is 6.04 Å². The molecule has 3 fully saturated rings. The molecule has 50 heavy (non-hydrogen) atoms. The minimum absolute atomic E-state index is 0.0765. The fourth-order valence-electron chi connectivity index (χ4n) is 8.12. The van der Waals surface area contributed by atoms with E-state index in [1.54, 1.807) is 15.7 Å². The van der Waals surface area contributed by atoms with Crippen molar-refractivity contribution in [2.75, 3.05) is 65.1 Å². The van der Waals surface area contributed by atoms with Crippen LogP contribution in [-0.4, -0.2) is 118 Å². The van der Waals surface area contributed by atoms with Gasteiger partial charge in [-0.1, -0.05) is 42.8 Å². The number of carbonyl (C=O) groups is 2. The zero-order valence-corrected chi connectivity index (χ0v) is 29.8. The molecule has 266 valence electrons. The number of anilines is 1. The number of likely N-dealkylation sites (tertiary alicyclic amines) is 2. The molecule has 3 saturated heterocycles. The van der Waals surface area contributed by atoms with Crippen LogP contribution in [0.5, 0.6) is 0 Å². The van der Waals surface area contributed by atoms with Gasteiger partial charge in [-0.05, 0) is 75.5 Å². The Hall–Kier alpha value is -4.13. The standard InChI is InChI=1S/C37H48ClN9O3/c1-3-25-20-24(21-29(38)33(25)39)22-31(35(48)45-18-16-44(17-19-45)26-8-12-43(2)13-9-26)41-36(49)46-14-10-27(11-15-46)47-32-23-40-30-7-5-4-6-28(30)34(32)42-37(47)50/h4-7,20-21,23,26-27,31H,3,8-19,22,39H2,1-2H3,(H,41,49)(H,42,50)/t31-/m1/s1. The molecule has 12 nitrogen and oxygen atoms in total. The molecule has 3 aliphatic rings. The van der Waals surface area contributed by atoms with Crippen LogP contribution in [0.15, 0.2) is 47.4 Å². The number of halogens is 1. The lowest BCUT2D eigenvalue weighted by Crippen LogP contribution is -2.59. The number of hydrogen-bond acceptors (Lipinski definition) is 7. The monoisotopic (exact) mass is 701 g/mol. The fourth-order valence-corrected chi connectivity index (χ4v) is 8.38. The second-order valence-corrected chi connectivity index (χ2v) is 14.6. The van der Waals surface area contributed by atoms with Gasteiger partial charge < -0.3 is 30.7 Å². The number of pyridine rings is 1. The highest BCUT2D eigenvalue weighted by molar-refractivity contribution is 6.33. The molecule has 0 unspecified atom stereocenters. The maximum atomic E-state index is 14.2. The summed E-state index contributed by atoms with van der Waals surface area (Å²) in [5, 5.41) is 4.48. The van der Waals surface area contributed by atoms with E-state index in [0.29, 0.717) is 68.6 Å². The lowest BCUT2D eigenvalue weighted by atomic mass is 9.99. The third-order valence-corrected chi connectivity index (χ3v) is 11.4. The average Bonchev–Trinajstić information content (AvgIpc) is 3.49. The second kappa shape index (κ2) is 14.6. The first-order valence-corrected chi connectivity index (χ1v) is 18.4. The van der Waals surface area contributed by atoms with Gasteiger partial charge in [-0.25, -0.2) is 9.59 Å². The lowest BCUT2D eigenvalue weighted by Gasteiger charge is -2.43. The quantitative estimate of drug-likeness (QED) is 0.249. The summed E-state index contributed by atoms with van der Waals surface area (Å²) in [6.07, 6.45) is 6.31. The topological polar surface area (TPSA) is 136 Å². The minimum Gasteiger partial charge on any atom is -0.397 e. The first-order valence-electron chi connectivity index (χ1n) is 18.0. The Morgan fingerprint density at radius 2 is 1.68 bits per heavy atom. The second-order valence-electron chi connectivity index (χ2n) is 14.2. The van der Waals surface area contributed by atoms with Gasteiger partial charge >= 0.3 is 11.7 Å². The number of H-pyrrole nitrogens is 1. The van der Waals surface area contributed by atoms with Crippen molar-refractivity contribution in [1.82, 2.24) is 39.5 Å². The molecule has 0 spiro atoms. The number of aromatic nitrogens is 3. The van der Waals surface area contributed by atoms with E-state index in [9.17, 15) is 14.4 Å². The normalized spacial score (nSPS) is 19.3. The largest absolute Gasteiger partial charge is 0.397 e. The Kier molecular flexibility index (Phi) is 10.0. The Labute approximate surface area is 297 Å². The van der Waals surface area contributed by atoms with Gasteiger partial charge in [0.2, 0.25) is 5.91 Å². The number of urea groups is 1. The third-order valence-electron chi connectivity index (χ3n) is 11.1. The number of para-hydroxylation sites is 1. The molecule has 0 saturated carbocycles. The summed E-state index contributed by atoms with van der Waals surface area (Å²) in [5.74, 6) is -0.0765. The molecule has 7 rings (SSSR count). The van der Waals surface area contributed by atoms with Crippen LogP contribution in [0.3, 0.4) is 0 Å². The fraction of sp³-hybridized carbons (Fsp3) is 0.514. The molecule has 3 aliphatic heterocycles. The molecule has 0 radical (unpaired) electrons. The molecular formula is C37H48ClN9O3. The van der Waals surface area contributed by atoms with Crippen molar-refractivity contribution in [3.05, 3.63) is 69.2 Å². The van der Waals surface area contributed by atoms with Gasteiger partial charge in [-0.15, -0.1) is 0 Å². The van der Waals surface area contributed by atoms with Gasteiger partial charge in [0.05, 0.1) is 33.5 Å². The third kappa shape index (κ3) is 6.93. The van der Waals surface area contributed by atoms with Crippen LogP contribution in [0, 0.1) is 0 Å². The van der Waals surface area contributed by atoms with E-state index in [1.165, 1.54) is 0 Å². The molecule has 2 aromatic heterocycles. The van der Waals surface area contributed by atoms with E-state index < -0.39 is 6.04 Å². The number of fused-ring (bicyclic) bond motifs is 3. The van der Waals surface area contributed by atoms with Crippen molar-refractivity contribution < 1.29 is 9.59 Å². The van der Waals surface area contributed by atoms with Crippen LogP contribution in [0.4, 0.5) is 10.5 Å². The van der Waals surface area contributed by atoms with E-state index >= 15 is 0 Å². The average molecular weight is 702 g/mol. The van der Waals surface area contributed by atoms with Gasteiger partial charge in [-0.2, -0.15) is 0 Å². The number of carbonyl (C=O) groups excluding carboxylic acids is 2. The predicted molar refractivity (Wildman–Crippen MR) is 198 cm³/mol. The Bertz CT molecular complexity index is 1920. The van der Waals surface area contributed by atoms with Crippen molar-refractivity contribution in [1.29, 1.82) is 0 Å². The van der Waals surface area contributed by atoms with Crippen LogP contribution < -0.4 is 16.7 Å². The number of imidazole rings is 1. The number of aromatic amines is 1. The van der Waals surface area contributed by atoms with Crippen molar-refractivity contribution in [3.8, 4) is 0 Å². The Balaban J connectivity index is 1.04. The highest BCUT2D eigenvalue weighted by atomic mass is 35.5. The van der Waals surface area contributed by atoms with E-state index in [-0.39, 0.29) is 23.7 Å². The first-order chi connectivity index (χ1) is 24.2. The van der Waals surface area contributed by atoms with Crippen LogP contribution in [0.2, 0.25) is 5.02 Å². The molecule has 1 atom stereocenters. The summed E-state index contributed by atoms with van der Waals surface area (Å²) in [5.41, 5.74) is 10.8. The summed E-state index contributed by atoms with van der Waals surface area (Å²) in [7, 11) is 2.17. The number of rotatable bonds is 7. The number of nitrogens with two attached hydrogens (primary N) is 1. The summed E-state index contributed by atoms with van der Waals surface area (Å²) in [6.45, 7) is 8.08. The SMILES string of the molecule is CCc1cc(C[C@@H](NC(=O)N2CCC(n3c(=O)[nH]c4c5ccccc5ncc43)CC2)C(=O)N2CCN(C3CCN(C)CC3)CC2)cc(Cl)c1N. The molecule has 4 N–H and O–H groups in total. The number of nitrogen functional groups attached to an aromatic ring is 1. The number of nitrogens with one attached hydrogen (secondary N) is 2. The first kappa shape index (κ1) is 34.3. The smallest absolute Gasteiger partial charge is 0.326 e. The van der Waals surface area contributed by atoms with E-state index in [1.807, 2.05) is 48.2 Å². The molecule has 3 amide bonds. The minimum atomic E-state index is -0.755. The number of hydrogen-bond donors (Lipinski definition) is 3. The van der Waals surface area contributed by atoms with Crippen LogP contribution >= 0.6 is 11.6 Å². The summed E-state index contributed by atoms with van der Waals surface area (Å²) in [4.78, 5) is 57.4. The summed E-state index contributed by atoms with van der Waals surface area (Å²) < 4.78 is 1.79. The number of piperazine rings is 1. The van der Waals surface area contributed by atoms with Crippen LogP contribution in [0.1, 0.15) is 49.8 Å². The zero-order valence-electron chi connectivity index (χ0n) is 29.0. The number of benzene rings is 2. The van der Waals surface area contributed by atoms with Gasteiger partial charge in [0.25, 0.3) is 0 Å². The van der Waals surface area contributed by atoms with E-state index in [2.05, 4.69) is 32.1 Å². The van der Waals surface area contributed by atoms with Gasteiger partial charge in [0.15, 0.2) is 0 Å². The van der Waals surface area contributed by atoms with Crippen LogP contribution in [-0.2, 0) is 17.6 Å². The number of nitrogens with zero attached hydrogens (tertiary/aromatic N) is 6. The highest BCUT2D eigenvalue weighted by Gasteiger charge is 2.34. The van der Waals surface area contributed by atoms with E-state index in [4.69, 9.17) is 17.3 Å². The van der Waals surface area contributed by atoms with Crippen molar-refractivity contribution in [2.45, 2.75) is 63.6 Å². The molecule has 2 aromatic carbocycles. The Morgan fingerprint density at radius 3 is 2.40 bits per heavy atom. The van der Waals surface area contributed by atoms with Gasteiger partial charge in [-0.3, -0.25) is 19.2 Å². The molecule has 13 heteroatoms. The van der Waals surface area contributed by atoms with Crippen LogP contribution in [0.25, 0.3) is 21.9 Å². The van der Waals surface area contributed by atoms with E-state index in [0.717, 1.165) is 72.1 Å². The Morgan fingerprint density at radius 1 is 0.980 bits per heavy atom. The highest BCUT2D eigenvalue weighted by Crippen LogP contribution is 2.29. The maximum Gasteiger partial charge on any atom is 0.326 e. The van der Waals surface area contributed by atoms with Gasteiger partial charge in [0, 0.05) is 63.2 Å². The van der Waals surface area contributed by atoms with Crippen molar-refractivity contribution in [3.63, 3.8) is 0 Å². The lowest BCUT2D eigenvalue weighted by molar-refractivity contribution is -0.135. The molecule has 0 aliphatic carbocycles. The van der Waals surface area contributed by atoms with Crippen molar-refractivity contribution >= 4 is 51.2 Å². The molecule has 4 aromatic rings. The molecular weight excluding hydrogens is 654 g/mol. The summed E-state index contributed by atoms with van der Waals surface area (Å²) >= 11 is 6.51. The predicted octanol–water partition coefficient (Wildman–Crippen LogP) is 3.87. The molecule has 5 heterocycles. The number of aryl methyl sites for hydroxylation is 1.